The van der Waals surface area contributed by atoms with Crippen LogP contribution in [0.5, 0.6) is 0 Å². The molecular formula is C12H15NO4. The molecule has 1 saturated heterocycles. The first-order chi connectivity index (χ1) is 8.06. The van der Waals surface area contributed by atoms with E-state index in [2.05, 4.69) is 0 Å². The third-order valence-corrected chi connectivity index (χ3v) is 3.25. The zero-order chi connectivity index (χ0) is 12.5. The van der Waals surface area contributed by atoms with Gasteiger partial charge in [-0.25, -0.2) is 4.79 Å². The zero-order valence-corrected chi connectivity index (χ0v) is 9.68. The maximum atomic E-state index is 11.9. The highest BCUT2D eigenvalue weighted by molar-refractivity contribution is 5.76. The molecule has 1 aliphatic heterocycles. The summed E-state index contributed by atoms with van der Waals surface area (Å²) >= 11 is 0. The molecule has 1 aromatic rings. The fourth-order valence-electron chi connectivity index (χ4n) is 2.20. The van der Waals surface area contributed by atoms with Gasteiger partial charge in [-0.2, -0.15) is 0 Å². The van der Waals surface area contributed by atoms with E-state index in [1.165, 1.54) is 10.6 Å². The minimum atomic E-state index is -1.15. The van der Waals surface area contributed by atoms with Crippen LogP contribution in [0.4, 0.5) is 0 Å². The number of rotatable bonds is 2. The lowest BCUT2D eigenvalue weighted by Crippen LogP contribution is -2.50. The van der Waals surface area contributed by atoms with E-state index in [4.69, 9.17) is 4.74 Å². The second kappa shape index (κ2) is 4.33. The number of hydrogen-bond donors (Lipinski definition) is 1. The molecule has 1 N–H and O–H groups in total. The van der Waals surface area contributed by atoms with E-state index in [-0.39, 0.29) is 5.56 Å². The SMILES string of the molecule is Cc1ccn(C2(C(=O)O)CCOCC2)c(=O)c1. The summed E-state index contributed by atoms with van der Waals surface area (Å²) < 4.78 is 6.51. The molecule has 5 heteroatoms. The monoisotopic (exact) mass is 237 g/mol. The molecule has 0 aliphatic carbocycles. The zero-order valence-electron chi connectivity index (χ0n) is 9.68. The maximum Gasteiger partial charge on any atom is 0.330 e. The van der Waals surface area contributed by atoms with Gasteiger partial charge in [-0.05, 0) is 18.6 Å². The summed E-state index contributed by atoms with van der Waals surface area (Å²) in [7, 11) is 0. The summed E-state index contributed by atoms with van der Waals surface area (Å²) in [6.45, 7) is 2.54. The second-order valence-corrected chi connectivity index (χ2v) is 4.36. The largest absolute Gasteiger partial charge is 0.479 e. The number of aromatic nitrogens is 1. The van der Waals surface area contributed by atoms with Gasteiger partial charge in [0.15, 0.2) is 0 Å². The molecule has 0 amide bonds. The van der Waals surface area contributed by atoms with Crippen molar-refractivity contribution in [3.05, 3.63) is 34.2 Å². The number of aliphatic carboxylic acids is 1. The standard InChI is InChI=1S/C12H15NO4/c1-9-2-5-13(10(14)8-9)12(11(15)16)3-6-17-7-4-12/h2,5,8H,3-4,6-7H2,1H3,(H,15,16). The van der Waals surface area contributed by atoms with Crippen molar-refractivity contribution in [2.75, 3.05) is 13.2 Å². The molecule has 0 aromatic carbocycles. The second-order valence-electron chi connectivity index (χ2n) is 4.36. The van der Waals surface area contributed by atoms with Crippen LogP contribution in [0.1, 0.15) is 18.4 Å². The van der Waals surface area contributed by atoms with Gasteiger partial charge < -0.3 is 9.84 Å². The first kappa shape index (κ1) is 11.9. The van der Waals surface area contributed by atoms with Crippen molar-refractivity contribution in [1.29, 1.82) is 0 Å². The molecule has 1 aliphatic rings. The number of carbonyl (C=O) groups is 1. The third kappa shape index (κ3) is 1.98. The van der Waals surface area contributed by atoms with Gasteiger partial charge in [-0.1, -0.05) is 0 Å². The van der Waals surface area contributed by atoms with E-state index in [1.54, 1.807) is 12.3 Å². The van der Waals surface area contributed by atoms with Crippen LogP contribution in [0.25, 0.3) is 0 Å². The lowest BCUT2D eigenvalue weighted by molar-refractivity contribution is -0.153. The molecule has 0 unspecified atom stereocenters. The smallest absolute Gasteiger partial charge is 0.330 e. The summed E-state index contributed by atoms with van der Waals surface area (Å²) in [5.74, 6) is -0.966. The van der Waals surface area contributed by atoms with Crippen molar-refractivity contribution in [2.24, 2.45) is 0 Å². The van der Waals surface area contributed by atoms with Gasteiger partial charge in [0, 0.05) is 38.3 Å². The first-order valence-corrected chi connectivity index (χ1v) is 5.57. The number of ether oxygens (including phenoxy) is 1. The summed E-state index contributed by atoms with van der Waals surface area (Å²) in [5.41, 5.74) is -0.587. The minimum absolute atomic E-state index is 0.269. The topological polar surface area (TPSA) is 68.5 Å². The Balaban J connectivity index is 2.53. The molecular weight excluding hydrogens is 222 g/mol. The molecule has 0 radical (unpaired) electrons. The van der Waals surface area contributed by atoms with Gasteiger partial charge in [-0.15, -0.1) is 0 Å². The van der Waals surface area contributed by atoms with Crippen molar-refractivity contribution in [3.63, 3.8) is 0 Å². The Morgan fingerprint density at radius 3 is 2.65 bits per heavy atom. The van der Waals surface area contributed by atoms with Gasteiger partial charge >= 0.3 is 5.97 Å². The molecule has 1 aromatic heterocycles. The quantitative estimate of drug-likeness (QED) is 0.824. The molecule has 2 heterocycles. The Morgan fingerprint density at radius 1 is 1.47 bits per heavy atom. The lowest BCUT2D eigenvalue weighted by Gasteiger charge is -2.34. The molecule has 1 fully saturated rings. The molecule has 0 saturated carbocycles. The Labute approximate surface area is 98.6 Å². The van der Waals surface area contributed by atoms with Crippen LogP contribution in [0.15, 0.2) is 23.1 Å². The fourth-order valence-corrected chi connectivity index (χ4v) is 2.20. The Kier molecular flexibility index (Phi) is 3.02. The van der Waals surface area contributed by atoms with Gasteiger partial charge in [0.25, 0.3) is 5.56 Å². The average molecular weight is 237 g/mol. The van der Waals surface area contributed by atoms with Gasteiger partial charge in [-0.3, -0.25) is 9.36 Å². The number of carboxylic acid groups (broad SMARTS) is 1. The van der Waals surface area contributed by atoms with Crippen molar-refractivity contribution in [1.82, 2.24) is 4.57 Å². The molecule has 17 heavy (non-hydrogen) atoms. The Bertz CT molecular complexity index is 486. The van der Waals surface area contributed by atoms with Crippen LogP contribution in [-0.4, -0.2) is 28.9 Å². The van der Waals surface area contributed by atoms with Crippen molar-refractivity contribution in [2.45, 2.75) is 25.3 Å². The molecule has 0 bridgehead atoms. The average Bonchev–Trinajstić information content (AvgIpc) is 2.29. The summed E-state index contributed by atoms with van der Waals surface area (Å²) in [6.07, 6.45) is 2.22. The van der Waals surface area contributed by atoms with E-state index in [1.807, 2.05) is 6.92 Å². The summed E-state index contributed by atoms with van der Waals surface area (Å²) in [6, 6.07) is 3.21. The summed E-state index contributed by atoms with van der Waals surface area (Å²) in [5, 5.41) is 9.42. The van der Waals surface area contributed by atoms with Crippen molar-refractivity contribution >= 4 is 5.97 Å². The summed E-state index contributed by atoms with van der Waals surface area (Å²) in [4.78, 5) is 23.4. The lowest BCUT2D eigenvalue weighted by atomic mass is 9.89. The Hall–Kier alpha value is -1.62. The first-order valence-electron chi connectivity index (χ1n) is 5.57. The van der Waals surface area contributed by atoms with Gasteiger partial charge in [0.05, 0.1) is 0 Å². The van der Waals surface area contributed by atoms with Gasteiger partial charge in [0.2, 0.25) is 0 Å². The van der Waals surface area contributed by atoms with E-state index in [9.17, 15) is 14.7 Å². The predicted molar refractivity (Wildman–Crippen MR) is 61.1 cm³/mol. The van der Waals surface area contributed by atoms with Crippen LogP contribution in [0, 0.1) is 6.92 Å². The minimum Gasteiger partial charge on any atom is -0.479 e. The van der Waals surface area contributed by atoms with Crippen LogP contribution in [-0.2, 0) is 15.1 Å². The van der Waals surface area contributed by atoms with Crippen molar-refractivity contribution in [3.8, 4) is 0 Å². The van der Waals surface area contributed by atoms with Crippen molar-refractivity contribution < 1.29 is 14.6 Å². The number of carboxylic acids is 1. The number of aryl methyl sites for hydroxylation is 1. The highest BCUT2D eigenvalue weighted by Gasteiger charge is 2.42. The van der Waals surface area contributed by atoms with Crippen LogP contribution >= 0.6 is 0 Å². The number of nitrogens with zero attached hydrogens (tertiary/aromatic N) is 1. The molecule has 92 valence electrons. The molecule has 2 rings (SSSR count). The molecule has 5 nitrogen and oxygen atoms in total. The molecule has 0 atom stereocenters. The Morgan fingerprint density at radius 2 is 2.12 bits per heavy atom. The van der Waals surface area contributed by atoms with E-state index in [0.717, 1.165) is 5.56 Å². The van der Waals surface area contributed by atoms with Crippen LogP contribution in [0.2, 0.25) is 0 Å². The van der Waals surface area contributed by atoms with E-state index >= 15 is 0 Å². The number of hydrogen-bond acceptors (Lipinski definition) is 3. The highest BCUT2D eigenvalue weighted by atomic mass is 16.5. The normalized spacial score (nSPS) is 18.9. The molecule has 0 spiro atoms. The highest BCUT2D eigenvalue weighted by Crippen LogP contribution is 2.28. The van der Waals surface area contributed by atoms with Gasteiger partial charge in [0.1, 0.15) is 5.54 Å². The predicted octanol–water partition coefficient (Wildman–Crippen LogP) is 0.747. The van der Waals surface area contributed by atoms with E-state index < -0.39 is 11.5 Å². The number of pyridine rings is 1. The maximum absolute atomic E-state index is 11.9. The van der Waals surface area contributed by atoms with Crippen LogP contribution < -0.4 is 5.56 Å². The fraction of sp³-hybridized carbons (Fsp3) is 0.500. The van der Waals surface area contributed by atoms with Crippen LogP contribution in [0.3, 0.4) is 0 Å². The third-order valence-electron chi connectivity index (χ3n) is 3.25. The van der Waals surface area contributed by atoms with E-state index in [0.29, 0.717) is 26.1 Å².